The molecule has 17 heavy (non-hydrogen) atoms. The number of amides is 1. The van der Waals surface area contributed by atoms with Crippen molar-refractivity contribution in [3.63, 3.8) is 0 Å². The van der Waals surface area contributed by atoms with Crippen LogP contribution in [0.3, 0.4) is 0 Å². The molecular formula is C10H14N2O4S. The number of carbonyl (C=O) groups excluding carboxylic acids is 1. The molecule has 1 aromatic heterocycles. The summed E-state index contributed by atoms with van der Waals surface area (Å²) in [5.74, 6) is -0.240. The van der Waals surface area contributed by atoms with Gasteiger partial charge in [0.05, 0.1) is 22.7 Å². The number of nitrogens with zero attached hydrogens (tertiary/aromatic N) is 1. The van der Waals surface area contributed by atoms with E-state index in [0.717, 1.165) is 0 Å². The maximum atomic E-state index is 11.8. The fourth-order valence-electron chi connectivity index (χ4n) is 1.92. The van der Waals surface area contributed by atoms with Gasteiger partial charge in [-0.2, -0.15) is 0 Å². The van der Waals surface area contributed by atoms with Crippen molar-refractivity contribution in [3.8, 4) is 0 Å². The molecule has 0 bridgehead atoms. The zero-order valence-electron chi connectivity index (χ0n) is 9.69. The van der Waals surface area contributed by atoms with Crippen LogP contribution in [0, 0.1) is 6.92 Å². The second-order valence-electron chi connectivity index (χ2n) is 4.69. The Kier molecular flexibility index (Phi) is 2.73. The van der Waals surface area contributed by atoms with Gasteiger partial charge in [0, 0.05) is 6.07 Å². The van der Waals surface area contributed by atoms with Gasteiger partial charge in [0.1, 0.15) is 0 Å². The SMILES string of the molecule is Cc1cc(C(=O)N[C@@]2(C)CCS(=O)(=O)C2)on1. The van der Waals surface area contributed by atoms with Gasteiger partial charge in [0.15, 0.2) is 9.84 Å². The molecule has 6 nitrogen and oxygen atoms in total. The molecule has 1 atom stereocenters. The minimum atomic E-state index is -3.04. The van der Waals surface area contributed by atoms with Gasteiger partial charge in [-0.15, -0.1) is 0 Å². The first kappa shape index (κ1) is 12.1. The average molecular weight is 258 g/mol. The van der Waals surface area contributed by atoms with Gasteiger partial charge in [-0.3, -0.25) is 4.79 Å². The van der Waals surface area contributed by atoms with E-state index in [1.165, 1.54) is 6.07 Å². The van der Waals surface area contributed by atoms with E-state index in [2.05, 4.69) is 10.5 Å². The number of nitrogens with one attached hydrogen (secondary N) is 1. The molecule has 0 radical (unpaired) electrons. The van der Waals surface area contributed by atoms with Crippen LogP contribution in [-0.2, 0) is 9.84 Å². The molecule has 1 fully saturated rings. The van der Waals surface area contributed by atoms with Crippen molar-refractivity contribution in [2.24, 2.45) is 0 Å². The number of hydrogen-bond donors (Lipinski definition) is 1. The Morgan fingerprint density at radius 2 is 2.29 bits per heavy atom. The molecular weight excluding hydrogens is 244 g/mol. The van der Waals surface area contributed by atoms with E-state index in [0.29, 0.717) is 12.1 Å². The Hall–Kier alpha value is -1.37. The lowest BCUT2D eigenvalue weighted by atomic mass is 10.0. The zero-order chi connectivity index (χ0) is 12.7. The Morgan fingerprint density at radius 1 is 1.59 bits per heavy atom. The lowest BCUT2D eigenvalue weighted by Crippen LogP contribution is -2.46. The number of rotatable bonds is 2. The minimum Gasteiger partial charge on any atom is -0.351 e. The lowest BCUT2D eigenvalue weighted by Gasteiger charge is -2.22. The van der Waals surface area contributed by atoms with E-state index in [9.17, 15) is 13.2 Å². The van der Waals surface area contributed by atoms with Gasteiger partial charge in [0.25, 0.3) is 5.91 Å². The fraction of sp³-hybridized carbons (Fsp3) is 0.600. The van der Waals surface area contributed by atoms with Gasteiger partial charge >= 0.3 is 0 Å². The molecule has 1 saturated heterocycles. The van der Waals surface area contributed by atoms with Crippen molar-refractivity contribution in [1.29, 1.82) is 0 Å². The quantitative estimate of drug-likeness (QED) is 0.823. The molecule has 1 N–H and O–H groups in total. The molecule has 0 spiro atoms. The van der Waals surface area contributed by atoms with Crippen molar-refractivity contribution < 1.29 is 17.7 Å². The summed E-state index contributed by atoms with van der Waals surface area (Å²) >= 11 is 0. The van der Waals surface area contributed by atoms with E-state index in [-0.39, 0.29) is 17.3 Å². The summed E-state index contributed by atoms with van der Waals surface area (Å²) in [4.78, 5) is 11.8. The molecule has 0 unspecified atom stereocenters. The van der Waals surface area contributed by atoms with E-state index in [1.807, 2.05) is 0 Å². The van der Waals surface area contributed by atoms with Gasteiger partial charge in [-0.25, -0.2) is 8.42 Å². The van der Waals surface area contributed by atoms with Gasteiger partial charge < -0.3 is 9.84 Å². The molecule has 2 heterocycles. The lowest BCUT2D eigenvalue weighted by molar-refractivity contribution is 0.0877. The number of aromatic nitrogens is 1. The summed E-state index contributed by atoms with van der Waals surface area (Å²) in [5.41, 5.74) is -0.101. The van der Waals surface area contributed by atoms with E-state index >= 15 is 0 Å². The Bertz CT molecular complexity index is 548. The normalized spacial score (nSPS) is 26.9. The Morgan fingerprint density at radius 3 is 2.76 bits per heavy atom. The smallest absolute Gasteiger partial charge is 0.290 e. The predicted molar refractivity (Wildman–Crippen MR) is 60.4 cm³/mol. The summed E-state index contributed by atoms with van der Waals surface area (Å²) in [5, 5.41) is 6.30. The summed E-state index contributed by atoms with van der Waals surface area (Å²) in [6.45, 7) is 3.43. The first-order valence-electron chi connectivity index (χ1n) is 5.26. The third kappa shape index (κ3) is 2.66. The maximum absolute atomic E-state index is 11.8. The fourth-order valence-corrected chi connectivity index (χ4v) is 4.01. The molecule has 0 saturated carbocycles. The number of sulfone groups is 1. The number of aryl methyl sites for hydroxylation is 1. The van der Waals surface area contributed by atoms with Crippen LogP contribution in [-0.4, -0.2) is 36.5 Å². The molecule has 0 aromatic carbocycles. The van der Waals surface area contributed by atoms with Crippen molar-refractivity contribution in [1.82, 2.24) is 10.5 Å². The number of carbonyl (C=O) groups is 1. The van der Waals surface area contributed by atoms with Gasteiger partial charge in [-0.1, -0.05) is 5.16 Å². The van der Waals surface area contributed by atoms with Gasteiger partial charge in [0.2, 0.25) is 5.76 Å². The van der Waals surface area contributed by atoms with E-state index < -0.39 is 21.3 Å². The molecule has 0 aliphatic carbocycles. The Balaban J connectivity index is 2.10. The minimum absolute atomic E-state index is 0.0289. The van der Waals surface area contributed by atoms with E-state index in [4.69, 9.17) is 4.52 Å². The van der Waals surface area contributed by atoms with Crippen LogP contribution in [0.2, 0.25) is 0 Å². The first-order chi connectivity index (χ1) is 7.80. The van der Waals surface area contributed by atoms with Crippen LogP contribution >= 0.6 is 0 Å². The molecule has 2 rings (SSSR count). The van der Waals surface area contributed by atoms with Crippen LogP contribution in [0.4, 0.5) is 0 Å². The molecule has 94 valence electrons. The van der Waals surface area contributed by atoms with Crippen LogP contribution < -0.4 is 5.32 Å². The summed E-state index contributed by atoms with van der Waals surface area (Å²) in [6, 6.07) is 1.52. The van der Waals surface area contributed by atoms with Crippen molar-refractivity contribution >= 4 is 15.7 Å². The predicted octanol–water partition coefficient (Wildman–Crippen LogP) is 0.290. The van der Waals surface area contributed by atoms with Crippen LogP contribution in [0.15, 0.2) is 10.6 Å². The third-order valence-corrected chi connectivity index (χ3v) is 4.67. The summed E-state index contributed by atoms with van der Waals surface area (Å²) in [7, 11) is -3.04. The molecule has 1 amide bonds. The number of hydrogen-bond acceptors (Lipinski definition) is 5. The van der Waals surface area contributed by atoms with Crippen LogP contribution in [0.25, 0.3) is 0 Å². The van der Waals surface area contributed by atoms with E-state index in [1.54, 1.807) is 13.8 Å². The highest BCUT2D eigenvalue weighted by Gasteiger charge is 2.40. The summed E-state index contributed by atoms with van der Waals surface area (Å²) in [6.07, 6.45) is 0.425. The standard InChI is InChI=1S/C10H14N2O4S/c1-7-5-8(16-12-7)9(13)11-10(2)3-4-17(14,15)6-10/h5H,3-4,6H2,1-2H3,(H,11,13)/t10-/m0/s1. The summed E-state index contributed by atoms with van der Waals surface area (Å²) < 4.78 is 27.6. The first-order valence-corrected chi connectivity index (χ1v) is 7.08. The van der Waals surface area contributed by atoms with Gasteiger partial charge in [-0.05, 0) is 20.3 Å². The second kappa shape index (κ2) is 3.83. The monoisotopic (exact) mass is 258 g/mol. The molecule has 7 heteroatoms. The molecule has 1 aliphatic rings. The average Bonchev–Trinajstić information content (AvgIpc) is 2.71. The maximum Gasteiger partial charge on any atom is 0.290 e. The molecule has 1 aliphatic heterocycles. The van der Waals surface area contributed by atoms with Crippen molar-refractivity contribution in [2.75, 3.05) is 11.5 Å². The topological polar surface area (TPSA) is 89.3 Å². The third-order valence-electron chi connectivity index (χ3n) is 2.77. The second-order valence-corrected chi connectivity index (χ2v) is 6.87. The highest BCUT2D eigenvalue weighted by molar-refractivity contribution is 7.91. The highest BCUT2D eigenvalue weighted by Crippen LogP contribution is 2.23. The molecule has 1 aromatic rings. The zero-order valence-corrected chi connectivity index (χ0v) is 10.5. The van der Waals surface area contributed by atoms with Crippen LogP contribution in [0.1, 0.15) is 29.6 Å². The highest BCUT2D eigenvalue weighted by atomic mass is 32.2. The largest absolute Gasteiger partial charge is 0.351 e. The van der Waals surface area contributed by atoms with Crippen molar-refractivity contribution in [3.05, 3.63) is 17.5 Å². The Labute approximate surface area is 99.3 Å². The van der Waals surface area contributed by atoms with Crippen LogP contribution in [0.5, 0.6) is 0 Å². The van der Waals surface area contributed by atoms with Crippen molar-refractivity contribution in [2.45, 2.75) is 25.8 Å².